The predicted octanol–water partition coefficient (Wildman–Crippen LogP) is 1.37. The van der Waals surface area contributed by atoms with Gasteiger partial charge in [0.1, 0.15) is 0 Å². The maximum atomic E-state index is 10.5. The molecule has 0 aliphatic carbocycles. The fourth-order valence-corrected chi connectivity index (χ4v) is 1.61. The fraction of sp³-hybridized carbons (Fsp3) is 0.143. The van der Waals surface area contributed by atoms with Crippen LogP contribution in [0, 0.1) is 3.57 Å². The van der Waals surface area contributed by atoms with Crippen LogP contribution in [-0.4, -0.2) is 10.9 Å². The van der Waals surface area contributed by atoms with E-state index < -0.39 is 5.91 Å². The standard InChI is InChI=1S/C7H6ClIN2O/c8-5-1-4(9)3-11-6(5)2-7(10)12/h1,3H,2H2,(H2,10,12). The Balaban J connectivity index is 2.93. The van der Waals surface area contributed by atoms with E-state index in [1.807, 2.05) is 0 Å². The van der Waals surface area contributed by atoms with Crippen molar-refractivity contribution in [2.24, 2.45) is 5.73 Å². The highest BCUT2D eigenvalue weighted by molar-refractivity contribution is 14.1. The molecule has 1 aromatic heterocycles. The lowest BCUT2D eigenvalue weighted by atomic mass is 10.2. The second kappa shape index (κ2) is 4.04. The summed E-state index contributed by atoms with van der Waals surface area (Å²) < 4.78 is 0.936. The Hall–Kier alpha value is -0.360. The highest BCUT2D eigenvalue weighted by Crippen LogP contribution is 2.16. The molecule has 0 unspecified atom stereocenters. The molecule has 1 heterocycles. The van der Waals surface area contributed by atoms with Crippen LogP contribution in [0.1, 0.15) is 5.69 Å². The highest BCUT2D eigenvalue weighted by atomic mass is 127. The van der Waals surface area contributed by atoms with Crippen LogP contribution < -0.4 is 5.73 Å². The van der Waals surface area contributed by atoms with Gasteiger partial charge in [-0.05, 0) is 28.7 Å². The molecule has 12 heavy (non-hydrogen) atoms. The summed E-state index contributed by atoms with van der Waals surface area (Å²) in [5.74, 6) is -0.425. The van der Waals surface area contributed by atoms with Gasteiger partial charge in [-0.2, -0.15) is 0 Å². The van der Waals surface area contributed by atoms with E-state index in [0.29, 0.717) is 10.7 Å². The summed E-state index contributed by atoms with van der Waals surface area (Å²) in [6, 6.07) is 1.74. The molecule has 64 valence electrons. The van der Waals surface area contributed by atoms with Crippen molar-refractivity contribution in [2.45, 2.75) is 6.42 Å². The topological polar surface area (TPSA) is 56.0 Å². The van der Waals surface area contributed by atoms with E-state index in [2.05, 4.69) is 27.6 Å². The van der Waals surface area contributed by atoms with E-state index in [1.54, 1.807) is 12.3 Å². The molecule has 0 atom stereocenters. The van der Waals surface area contributed by atoms with Crippen LogP contribution in [-0.2, 0) is 11.2 Å². The summed E-state index contributed by atoms with van der Waals surface area (Å²) in [7, 11) is 0. The Morgan fingerprint density at radius 1 is 1.75 bits per heavy atom. The van der Waals surface area contributed by atoms with Gasteiger partial charge in [0.25, 0.3) is 0 Å². The second-order valence-corrected chi connectivity index (χ2v) is 3.88. The minimum Gasteiger partial charge on any atom is -0.369 e. The van der Waals surface area contributed by atoms with Crippen molar-refractivity contribution in [3.05, 3.63) is 26.5 Å². The second-order valence-electron chi connectivity index (χ2n) is 2.23. The number of rotatable bonds is 2. The van der Waals surface area contributed by atoms with Crippen LogP contribution in [0.2, 0.25) is 5.02 Å². The van der Waals surface area contributed by atoms with Crippen LogP contribution in [0.15, 0.2) is 12.3 Å². The van der Waals surface area contributed by atoms with Gasteiger partial charge in [0.15, 0.2) is 0 Å². The van der Waals surface area contributed by atoms with Gasteiger partial charge in [0.2, 0.25) is 5.91 Å². The monoisotopic (exact) mass is 296 g/mol. The van der Waals surface area contributed by atoms with Crippen LogP contribution >= 0.6 is 34.2 Å². The number of pyridine rings is 1. The normalized spacial score (nSPS) is 9.83. The molecule has 1 amide bonds. The first-order chi connectivity index (χ1) is 5.59. The molecule has 0 fully saturated rings. The Morgan fingerprint density at radius 2 is 2.42 bits per heavy atom. The van der Waals surface area contributed by atoms with E-state index in [4.69, 9.17) is 17.3 Å². The minimum absolute atomic E-state index is 0.0930. The summed E-state index contributed by atoms with van der Waals surface area (Å²) >= 11 is 7.89. The number of primary amides is 1. The highest BCUT2D eigenvalue weighted by Gasteiger charge is 2.05. The predicted molar refractivity (Wildman–Crippen MR) is 54.9 cm³/mol. The van der Waals surface area contributed by atoms with Crippen molar-refractivity contribution >= 4 is 40.1 Å². The molecule has 0 saturated heterocycles. The first-order valence-corrected chi connectivity index (χ1v) is 4.63. The molecule has 5 heteroatoms. The first kappa shape index (κ1) is 9.73. The van der Waals surface area contributed by atoms with Crippen molar-refractivity contribution < 1.29 is 4.79 Å². The quantitative estimate of drug-likeness (QED) is 0.838. The maximum Gasteiger partial charge on any atom is 0.223 e. The Morgan fingerprint density at radius 3 is 2.92 bits per heavy atom. The number of halogens is 2. The number of nitrogens with zero attached hydrogens (tertiary/aromatic N) is 1. The Kier molecular flexibility index (Phi) is 3.28. The van der Waals surface area contributed by atoms with Gasteiger partial charge in [-0.15, -0.1) is 0 Å². The SMILES string of the molecule is NC(=O)Cc1ncc(I)cc1Cl. The molecule has 0 spiro atoms. The van der Waals surface area contributed by atoms with E-state index in [-0.39, 0.29) is 6.42 Å². The minimum atomic E-state index is -0.425. The molecular weight excluding hydrogens is 290 g/mol. The van der Waals surface area contributed by atoms with Crippen molar-refractivity contribution in [2.75, 3.05) is 0 Å². The number of aromatic nitrogens is 1. The van der Waals surface area contributed by atoms with Gasteiger partial charge in [-0.3, -0.25) is 9.78 Å². The molecule has 3 nitrogen and oxygen atoms in total. The summed E-state index contributed by atoms with van der Waals surface area (Å²) in [4.78, 5) is 14.5. The van der Waals surface area contributed by atoms with Gasteiger partial charge in [-0.1, -0.05) is 11.6 Å². The molecular formula is C7H6ClIN2O. The van der Waals surface area contributed by atoms with Crippen LogP contribution in [0.4, 0.5) is 0 Å². The summed E-state index contributed by atoms with van der Waals surface area (Å²) in [6.45, 7) is 0. The third kappa shape index (κ3) is 2.60. The zero-order chi connectivity index (χ0) is 9.14. The summed E-state index contributed by atoms with van der Waals surface area (Å²) in [6.07, 6.45) is 1.74. The number of carbonyl (C=O) groups is 1. The van der Waals surface area contributed by atoms with Crippen LogP contribution in [0.3, 0.4) is 0 Å². The molecule has 0 aliphatic rings. The lowest BCUT2D eigenvalue weighted by molar-refractivity contribution is -0.117. The van der Waals surface area contributed by atoms with Crippen molar-refractivity contribution in [3.63, 3.8) is 0 Å². The van der Waals surface area contributed by atoms with Crippen molar-refractivity contribution in [1.82, 2.24) is 4.98 Å². The van der Waals surface area contributed by atoms with E-state index in [9.17, 15) is 4.79 Å². The van der Waals surface area contributed by atoms with Crippen LogP contribution in [0.25, 0.3) is 0 Å². The van der Waals surface area contributed by atoms with Gasteiger partial charge in [0.05, 0.1) is 17.1 Å². The molecule has 0 aromatic carbocycles. The van der Waals surface area contributed by atoms with E-state index >= 15 is 0 Å². The maximum absolute atomic E-state index is 10.5. The molecule has 0 radical (unpaired) electrons. The third-order valence-corrected chi connectivity index (χ3v) is 2.14. The summed E-state index contributed by atoms with van der Waals surface area (Å²) in [5.41, 5.74) is 5.52. The molecule has 0 aliphatic heterocycles. The number of hydrogen-bond donors (Lipinski definition) is 1. The lowest BCUT2D eigenvalue weighted by Gasteiger charge is -1.99. The van der Waals surface area contributed by atoms with Gasteiger partial charge in [-0.25, -0.2) is 0 Å². The summed E-state index contributed by atoms with van der Waals surface area (Å²) in [5, 5.41) is 0.487. The number of hydrogen-bond acceptors (Lipinski definition) is 2. The number of amides is 1. The van der Waals surface area contributed by atoms with Crippen molar-refractivity contribution in [1.29, 1.82) is 0 Å². The van der Waals surface area contributed by atoms with Gasteiger partial charge < -0.3 is 5.73 Å². The van der Waals surface area contributed by atoms with Gasteiger partial charge >= 0.3 is 0 Å². The zero-order valence-electron chi connectivity index (χ0n) is 6.05. The Labute approximate surface area is 88.4 Å². The zero-order valence-corrected chi connectivity index (χ0v) is 8.96. The molecule has 2 N–H and O–H groups in total. The Bertz CT molecular complexity index is 316. The largest absolute Gasteiger partial charge is 0.369 e. The molecule has 1 rings (SSSR count). The van der Waals surface area contributed by atoms with Crippen molar-refractivity contribution in [3.8, 4) is 0 Å². The third-order valence-electron chi connectivity index (χ3n) is 1.23. The lowest BCUT2D eigenvalue weighted by Crippen LogP contribution is -2.14. The van der Waals surface area contributed by atoms with E-state index in [0.717, 1.165) is 3.57 Å². The molecule has 0 saturated carbocycles. The smallest absolute Gasteiger partial charge is 0.223 e. The van der Waals surface area contributed by atoms with Crippen LogP contribution in [0.5, 0.6) is 0 Å². The first-order valence-electron chi connectivity index (χ1n) is 3.18. The number of nitrogens with two attached hydrogens (primary N) is 1. The molecule has 0 bridgehead atoms. The average molecular weight is 296 g/mol. The van der Waals surface area contributed by atoms with Gasteiger partial charge in [0, 0.05) is 9.77 Å². The average Bonchev–Trinajstić information content (AvgIpc) is 1.94. The molecule has 1 aromatic rings. The van der Waals surface area contributed by atoms with E-state index in [1.165, 1.54) is 0 Å². The number of carbonyl (C=O) groups excluding carboxylic acids is 1. The fourth-order valence-electron chi connectivity index (χ4n) is 0.738.